The predicted molar refractivity (Wildman–Crippen MR) is 145 cm³/mol. The van der Waals surface area contributed by atoms with Gasteiger partial charge in [0.25, 0.3) is 0 Å². The van der Waals surface area contributed by atoms with E-state index in [1.165, 1.54) is 11.3 Å². The highest BCUT2D eigenvalue weighted by Gasteiger charge is 2.22. The number of piperidine rings is 1. The van der Waals surface area contributed by atoms with Crippen LogP contribution in [0.15, 0.2) is 65.1 Å². The second-order valence-corrected chi connectivity index (χ2v) is 9.12. The van der Waals surface area contributed by atoms with Gasteiger partial charge in [-0.25, -0.2) is 0 Å². The normalized spacial score (nSPS) is 13.6. The minimum atomic E-state index is 0. The molecule has 4 rings (SSSR count). The Morgan fingerprint density at radius 1 is 0.853 bits per heavy atom. The number of halogens is 2. The first kappa shape index (κ1) is 26.2. The lowest BCUT2D eigenvalue weighted by molar-refractivity contribution is 0.324. The third-order valence-electron chi connectivity index (χ3n) is 6.19. The van der Waals surface area contributed by atoms with Crippen molar-refractivity contribution in [2.24, 2.45) is 0 Å². The summed E-state index contributed by atoms with van der Waals surface area (Å²) in [5, 5.41) is 3.49. The average Bonchev–Trinajstić information content (AvgIpc) is 2.87. The minimum Gasteiger partial charge on any atom is -0.493 e. The van der Waals surface area contributed by atoms with Crippen LogP contribution < -0.4 is 24.4 Å². The lowest BCUT2D eigenvalue weighted by Crippen LogP contribution is -2.43. The zero-order valence-corrected chi connectivity index (χ0v) is 22.2. The molecular formula is C27H32BrClN2O3. The summed E-state index contributed by atoms with van der Waals surface area (Å²) < 4.78 is 17.7. The van der Waals surface area contributed by atoms with E-state index >= 15 is 0 Å². The van der Waals surface area contributed by atoms with E-state index < -0.39 is 0 Å². The predicted octanol–water partition coefficient (Wildman–Crippen LogP) is 6.32. The van der Waals surface area contributed by atoms with Crippen molar-refractivity contribution in [2.75, 3.05) is 39.3 Å². The van der Waals surface area contributed by atoms with Gasteiger partial charge in [-0.05, 0) is 85.1 Å². The molecule has 182 valence electrons. The maximum absolute atomic E-state index is 5.56. The number of hydrogen-bond donors (Lipinski definition) is 1. The molecule has 7 heteroatoms. The van der Waals surface area contributed by atoms with Gasteiger partial charge in [0, 0.05) is 22.7 Å². The Balaban J connectivity index is 0.00000324. The molecule has 1 saturated heterocycles. The van der Waals surface area contributed by atoms with Crippen molar-refractivity contribution >= 4 is 34.0 Å². The smallest absolute Gasteiger partial charge is 0.203 e. The van der Waals surface area contributed by atoms with E-state index in [1.807, 2.05) is 12.1 Å². The summed E-state index contributed by atoms with van der Waals surface area (Å²) >= 11 is 3.57. The molecule has 3 aromatic carbocycles. The summed E-state index contributed by atoms with van der Waals surface area (Å²) in [6, 6.07) is 21.9. The summed E-state index contributed by atoms with van der Waals surface area (Å²) in [6.45, 7) is 2.97. The van der Waals surface area contributed by atoms with E-state index in [1.54, 1.807) is 21.3 Å². The summed E-state index contributed by atoms with van der Waals surface area (Å²) in [5.41, 5.74) is 4.67. The second-order valence-electron chi connectivity index (χ2n) is 8.20. The topological polar surface area (TPSA) is 43.0 Å². The molecule has 0 saturated carbocycles. The highest BCUT2D eigenvalue weighted by atomic mass is 79.9. The van der Waals surface area contributed by atoms with Crippen LogP contribution >= 0.6 is 28.3 Å². The van der Waals surface area contributed by atoms with E-state index in [9.17, 15) is 0 Å². The van der Waals surface area contributed by atoms with Crippen LogP contribution in [0.2, 0.25) is 0 Å². The van der Waals surface area contributed by atoms with Crippen molar-refractivity contribution < 1.29 is 14.2 Å². The van der Waals surface area contributed by atoms with Crippen LogP contribution in [0.5, 0.6) is 17.2 Å². The highest BCUT2D eigenvalue weighted by molar-refractivity contribution is 9.10. The van der Waals surface area contributed by atoms with Gasteiger partial charge < -0.3 is 24.4 Å². The molecule has 0 aliphatic carbocycles. The van der Waals surface area contributed by atoms with Gasteiger partial charge in [-0.3, -0.25) is 0 Å². The van der Waals surface area contributed by atoms with Crippen LogP contribution in [0.1, 0.15) is 18.4 Å². The number of nitrogens with one attached hydrogen (secondary N) is 1. The zero-order chi connectivity index (χ0) is 23.2. The summed E-state index contributed by atoms with van der Waals surface area (Å²) in [7, 11) is 4.91. The van der Waals surface area contributed by atoms with E-state index in [2.05, 4.69) is 74.7 Å². The molecule has 34 heavy (non-hydrogen) atoms. The zero-order valence-electron chi connectivity index (χ0n) is 19.8. The number of benzene rings is 3. The van der Waals surface area contributed by atoms with Gasteiger partial charge in [0.05, 0.1) is 21.3 Å². The fourth-order valence-electron chi connectivity index (χ4n) is 4.48. The highest BCUT2D eigenvalue weighted by Crippen LogP contribution is 2.41. The van der Waals surface area contributed by atoms with E-state index in [0.717, 1.165) is 48.1 Å². The monoisotopic (exact) mass is 546 g/mol. The van der Waals surface area contributed by atoms with Crippen molar-refractivity contribution in [1.82, 2.24) is 5.32 Å². The molecule has 5 nitrogen and oxygen atoms in total. The number of rotatable bonds is 8. The molecule has 1 fully saturated rings. The maximum atomic E-state index is 5.56. The average molecular weight is 548 g/mol. The van der Waals surface area contributed by atoms with Crippen molar-refractivity contribution in [3.63, 3.8) is 0 Å². The van der Waals surface area contributed by atoms with Crippen molar-refractivity contribution in [1.29, 1.82) is 0 Å². The van der Waals surface area contributed by atoms with Gasteiger partial charge in [0.1, 0.15) is 0 Å². The van der Waals surface area contributed by atoms with Crippen molar-refractivity contribution in [2.45, 2.75) is 25.4 Å². The van der Waals surface area contributed by atoms with Crippen LogP contribution in [0.3, 0.4) is 0 Å². The summed E-state index contributed by atoms with van der Waals surface area (Å²) in [5.74, 6) is 1.92. The fraction of sp³-hybridized carbons (Fsp3) is 0.333. The van der Waals surface area contributed by atoms with Crippen LogP contribution in [-0.2, 0) is 6.54 Å². The largest absolute Gasteiger partial charge is 0.493 e. The van der Waals surface area contributed by atoms with Crippen LogP contribution in [0, 0.1) is 0 Å². The van der Waals surface area contributed by atoms with E-state index in [-0.39, 0.29) is 12.4 Å². The number of methoxy groups -OCH3 is 3. The summed E-state index contributed by atoms with van der Waals surface area (Å²) in [4.78, 5) is 2.54. The van der Waals surface area contributed by atoms with Gasteiger partial charge >= 0.3 is 0 Å². The standard InChI is InChI=1S/C27H31BrN2O3.ClH/c1-31-25-16-21(17-26(32-2)27(25)33-3)20-6-4-5-19(15-20)18-30(24-11-13-29-14-12-24)23-9-7-22(28)8-10-23;/h4-10,15-17,24,29H,11-14,18H2,1-3H3;1H. The first-order valence-electron chi connectivity index (χ1n) is 11.2. The quantitative estimate of drug-likeness (QED) is 0.357. The van der Waals surface area contributed by atoms with Gasteiger partial charge in [0.15, 0.2) is 11.5 Å². The van der Waals surface area contributed by atoms with Crippen LogP contribution in [0.25, 0.3) is 11.1 Å². The molecule has 0 atom stereocenters. The molecule has 0 unspecified atom stereocenters. The Morgan fingerprint density at radius 3 is 2.09 bits per heavy atom. The third kappa shape index (κ3) is 5.98. The number of hydrogen-bond acceptors (Lipinski definition) is 5. The Kier molecular flexibility index (Phi) is 9.51. The van der Waals surface area contributed by atoms with Gasteiger partial charge in [-0.15, -0.1) is 12.4 Å². The molecular weight excluding hydrogens is 516 g/mol. The molecule has 1 aliphatic rings. The van der Waals surface area contributed by atoms with Crippen molar-refractivity contribution in [3.8, 4) is 28.4 Å². The molecule has 0 spiro atoms. The maximum Gasteiger partial charge on any atom is 0.203 e. The molecule has 0 radical (unpaired) electrons. The molecule has 0 aromatic heterocycles. The minimum absolute atomic E-state index is 0. The van der Waals surface area contributed by atoms with E-state index in [4.69, 9.17) is 14.2 Å². The number of anilines is 1. The fourth-order valence-corrected chi connectivity index (χ4v) is 4.74. The van der Waals surface area contributed by atoms with Gasteiger partial charge in [-0.2, -0.15) is 0 Å². The molecule has 1 aliphatic heterocycles. The first-order valence-corrected chi connectivity index (χ1v) is 12.0. The van der Waals surface area contributed by atoms with E-state index in [0.29, 0.717) is 23.3 Å². The Bertz CT molecular complexity index is 1050. The summed E-state index contributed by atoms with van der Waals surface area (Å²) in [6.07, 6.45) is 2.28. The molecule has 1 heterocycles. The molecule has 0 amide bonds. The molecule has 1 N–H and O–H groups in total. The number of ether oxygens (including phenoxy) is 3. The van der Waals surface area contributed by atoms with Gasteiger partial charge in [-0.1, -0.05) is 34.1 Å². The van der Waals surface area contributed by atoms with Crippen LogP contribution in [-0.4, -0.2) is 40.5 Å². The Labute approximate surface area is 216 Å². The molecule has 0 bridgehead atoms. The SMILES string of the molecule is COc1cc(-c2cccc(CN(c3ccc(Br)cc3)C3CCNCC3)c2)cc(OC)c1OC.Cl. The Hall–Kier alpha value is -2.41. The van der Waals surface area contributed by atoms with Gasteiger partial charge in [0.2, 0.25) is 5.75 Å². The lowest BCUT2D eigenvalue weighted by Gasteiger charge is -2.36. The number of nitrogens with zero attached hydrogens (tertiary/aromatic N) is 1. The first-order chi connectivity index (χ1) is 16.1. The second kappa shape index (κ2) is 12.3. The Morgan fingerprint density at radius 2 is 1.50 bits per heavy atom. The van der Waals surface area contributed by atoms with Crippen LogP contribution in [0.4, 0.5) is 5.69 Å². The van der Waals surface area contributed by atoms with Crippen molar-refractivity contribution in [3.05, 3.63) is 70.7 Å². The lowest BCUT2D eigenvalue weighted by atomic mass is 9.99. The molecule has 3 aromatic rings. The third-order valence-corrected chi connectivity index (χ3v) is 6.71.